The number of fused-ring (bicyclic) bond motifs is 3. The second-order valence-corrected chi connectivity index (χ2v) is 7.29. The number of ether oxygens (including phenoxy) is 1. The summed E-state index contributed by atoms with van der Waals surface area (Å²) in [6.45, 7) is 1.88. The van der Waals surface area contributed by atoms with Gasteiger partial charge in [0.25, 0.3) is 0 Å². The number of phenolic OH excluding ortho intramolecular Hbond substituents is 1. The van der Waals surface area contributed by atoms with E-state index in [-0.39, 0.29) is 17.5 Å². The highest BCUT2D eigenvalue weighted by atomic mass is 35.5. The third-order valence-electron chi connectivity index (χ3n) is 5.23. The van der Waals surface area contributed by atoms with Gasteiger partial charge in [-0.2, -0.15) is 0 Å². The van der Waals surface area contributed by atoms with Gasteiger partial charge in [-0.15, -0.1) is 0 Å². The third-order valence-corrected chi connectivity index (χ3v) is 5.52. The second-order valence-electron chi connectivity index (χ2n) is 6.88. The van der Waals surface area contributed by atoms with E-state index < -0.39 is 0 Å². The lowest BCUT2D eigenvalue weighted by atomic mass is 9.90. The van der Waals surface area contributed by atoms with Crippen molar-refractivity contribution in [3.63, 3.8) is 0 Å². The summed E-state index contributed by atoms with van der Waals surface area (Å²) in [6.07, 6.45) is 5.98. The Bertz CT molecular complexity index is 855. The van der Waals surface area contributed by atoms with Gasteiger partial charge in [0.1, 0.15) is 11.3 Å². The van der Waals surface area contributed by atoms with Crippen molar-refractivity contribution in [3.05, 3.63) is 38.2 Å². The molecule has 0 radical (unpaired) electrons. The molecule has 1 aliphatic carbocycles. The molecular weight excluding hydrogens is 342 g/mol. The molecule has 2 N–H and O–H groups in total. The molecule has 1 saturated heterocycles. The summed E-state index contributed by atoms with van der Waals surface area (Å²) in [5.41, 5.74) is 2.50. The summed E-state index contributed by atoms with van der Waals surface area (Å²) in [5, 5.41) is 14.9. The summed E-state index contributed by atoms with van der Waals surface area (Å²) in [6, 6.07) is 1.73. The summed E-state index contributed by atoms with van der Waals surface area (Å²) in [5.74, 6) is -0.0204. The highest BCUT2D eigenvalue weighted by Gasteiger charge is 2.23. The minimum absolute atomic E-state index is 0.0204. The lowest BCUT2D eigenvalue weighted by Gasteiger charge is -2.19. The molecule has 5 nitrogen and oxygen atoms in total. The molecule has 1 aromatic heterocycles. The van der Waals surface area contributed by atoms with Crippen LogP contribution in [0.25, 0.3) is 11.0 Å². The van der Waals surface area contributed by atoms with Crippen molar-refractivity contribution in [1.29, 1.82) is 0 Å². The molecule has 0 saturated carbocycles. The average Bonchev–Trinajstić information content (AvgIpc) is 3.13. The van der Waals surface area contributed by atoms with Crippen LogP contribution in [0.1, 0.15) is 42.4 Å². The predicted octanol–water partition coefficient (Wildman–Crippen LogP) is 3.30. The number of nitrogens with one attached hydrogen (secondary N) is 1. The fraction of sp³-hybridized carbons (Fsp3) is 0.526. The van der Waals surface area contributed by atoms with Crippen LogP contribution in [0.4, 0.5) is 0 Å². The molecule has 0 spiro atoms. The highest BCUT2D eigenvalue weighted by Crippen LogP contribution is 2.37. The average molecular weight is 364 g/mol. The summed E-state index contributed by atoms with van der Waals surface area (Å²) in [4.78, 5) is 12.4. The predicted molar refractivity (Wildman–Crippen MR) is 96.5 cm³/mol. The van der Waals surface area contributed by atoms with E-state index in [4.69, 9.17) is 20.8 Å². The molecule has 2 aliphatic rings. The Hall–Kier alpha value is -1.56. The smallest absolute Gasteiger partial charge is 0.339 e. The molecule has 2 aromatic rings. The van der Waals surface area contributed by atoms with Crippen LogP contribution in [-0.2, 0) is 24.1 Å². The fourth-order valence-corrected chi connectivity index (χ4v) is 4.15. The number of hydrogen-bond acceptors (Lipinski definition) is 5. The maximum Gasteiger partial charge on any atom is 0.339 e. The molecule has 1 aromatic carbocycles. The van der Waals surface area contributed by atoms with Gasteiger partial charge < -0.3 is 19.6 Å². The molecule has 134 valence electrons. The molecule has 25 heavy (non-hydrogen) atoms. The van der Waals surface area contributed by atoms with Gasteiger partial charge in [-0.25, -0.2) is 4.79 Å². The van der Waals surface area contributed by atoms with Crippen LogP contribution in [0, 0.1) is 0 Å². The first-order chi connectivity index (χ1) is 12.1. The molecule has 2 heterocycles. The van der Waals surface area contributed by atoms with Crippen LogP contribution in [0.2, 0.25) is 5.02 Å². The Morgan fingerprint density at radius 1 is 1.24 bits per heavy atom. The monoisotopic (exact) mass is 363 g/mol. The molecule has 1 aliphatic heterocycles. The normalized spacial score (nSPS) is 20.1. The zero-order valence-electron chi connectivity index (χ0n) is 14.1. The summed E-state index contributed by atoms with van der Waals surface area (Å²) >= 11 is 6.26. The lowest BCUT2D eigenvalue weighted by molar-refractivity contribution is 0.110. The molecule has 4 rings (SSSR count). The van der Waals surface area contributed by atoms with E-state index in [1.54, 1.807) is 6.07 Å². The van der Waals surface area contributed by atoms with Crippen LogP contribution < -0.4 is 10.9 Å². The van der Waals surface area contributed by atoms with Crippen molar-refractivity contribution < 1.29 is 14.3 Å². The van der Waals surface area contributed by atoms with Crippen LogP contribution in [0.15, 0.2) is 15.3 Å². The van der Waals surface area contributed by atoms with Gasteiger partial charge in [0.2, 0.25) is 0 Å². The number of halogens is 1. The Balaban J connectivity index is 1.72. The second kappa shape index (κ2) is 6.98. The van der Waals surface area contributed by atoms with Crippen molar-refractivity contribution in [2.75, 3.05) is 13.2 Å². The lowest BCUT2D eigenvalue weighted by Crippen LogP contribution is -2.26. The first-order valence-corrected chi connectivity index (χ1v) is 9.34. The zero-order valence-corrected chi connectivity index (χ0v) is 14.8. The van der Waals surface area contributed by atoms with Crippen LogP contribution in [0.3, 0.4) is 0 Å². The fourth-order valence-electron chi connectivity index (χ4n) is 3.93. The summed E-state index contributed by atoms with van der Waals surface area (Å²) in [7, 11) is 0. The zero-order chi connectivity index (χ0) is 17.4. The first-order valence-electron chi connectivity index (χ1n) is 8.96. The molecular formula is C19H22ClNO4. The van der Waals surface area contributed by atoms with E-state index in [1.807, 2.05) is 0 Å². The molecule has 1 unspecified atom stereocenters. The highest BCUT2D eigenvalue weighted by molar-refractivity contribution is 6.33. The van der Waals surface area contributed by atoms with Crippen molar-refractivity contribution in [2.45, 2.75) is 51.2 Å². The van der Waals surface area contributed by atoms with E-state index in [0.717, 1.165) is 61.6 Å². The van der Waals surface area contributed by atoms with E-state index in [2.05, 4.69) is 5.32 Å². The van der Waals surface area contributed by atoms with Crippen molar-refractivity contribution in [3.8, 4) is 5.75 Å². The SMILES string of the molecule is O=c1oc2c(CNCC3CCCO3)c(O)c(Cl)cc2c2c1CCCC2. The number of rotatable bonds is 4. The number of aromatic hydroxyl groups is 1. The van der Waals surface area contributed by atoms with Gasteiger partial charge >= 0.3 is 5.63 Å². The minimum Gasteiger partial charge on any atom is -0.506 e. The van der Waals surface area contributed by atoms with Gasteiger partial charge in [0.05, 0.1) is 16.7 Å². The third kappa shape index (κ3) is 3.16. The Morgan fingerprint density at radius 3 is 2.80 bits per heavy atom. The largest absolute Gasteiger partial charge is 0.506 e. The van der Waals surface area contributed by atoms with Crippen molar-refractivity contribution in [1.82, 2.24) is 5.32 Å². The Morgan fingerprint density at radius 2 is 2.04 bits per heavy atom. The first kappa shape index (κ1) is 16.9. The maximum absolute atomic E-state index is 12.4. The van der Waals surface area contributed by atoms with Crippen LogP contribution in [-0.4, -0.2) is 24.4 Å². The molecule has 1 fully saturated rings. The summed E-state index contributed by atoms with van der Waals surface area (Å²) < 4.78 is 11.2. The van der Waals surface area contributed by atoms with Crippen molar-refractivity contribution >= 4 is 22.6 Å². The number of phenols is 1. The van der Waals surface area contributed by atoms with Gasteiger partial charge in [0, 0.05) is 30.6 Å². The van der Waals surface area contributed by atoms with Gasteiger partial charge in [0.15, 0.2) is 0 Å². The van der Waals surface area contributed by atoms with Gasteiger partial charge in [-0.1, -0.05) is 11.6 Å². The standard InChI is InChI=1S/C19H22ClNO4/c20-16-8-14-12-5-1-2-6-13(12)19(23)25-18(14)15(17(16)22)10-21-9-11-4-3-7-24-11/h8,11,21-22H,1-7,9-10H2. The van der Waals surface area contributed by atoms with Gasteiger partial charge in [-0.3, -0.25) is 0 Å². The van der Waals surface area contributed by atoms with Crippen LogP contribution >= 0.6 is 11.6 Å². The molecule has 6 heteroatoms. The van der Waals surface area contributed by atoms with E-state index >= 15 is 0 Å². The molecule has 0 amide bonds. The van der Waals surface area contributed by atoms with E-state index in [1.165, 1.54) is 0 Å². The maximum atomic E-state index is 12.4. The quantitative estimate of drug-likeness (QED) is 0.815. The Kier molecular flexibility index (Phi) is 4.71. The number of aryl methyl sites for hydroxylation is 1. The van der Waals surface area contributed by atoms with E-state index in [0.29, 0.717) is 29.3 Å². The molecule has 0 bridgehead atoms. The minimum atomic E-state index is -0.288. The van der Waals surface area contributed by atoms with Crippen LogP contribution in [0.5, 0.6) is 5.75 Å². The van der Waals surface area contributed by atoms with E-state index in [9.17, 15) is 9.90 Å². The van der Waals surface area contributed by atoms with Crippen molar-refractivity contribution in [2.24, 2.45) is 0 Å². The number of hydrogen-bond donors (Lipinski definition) is 2. The Labute approximate surface area is 150 Å². The van der Waals surface area contributed by atoms with Gasteiger partial charge in [-0.05, 0) is 50.2 Å². The number of benzene rings is 1. The molecule has 1 atom stereocenters. The topological polar surface area (TPSA) is 71.7 Å².